The van der Waals surface area contributed by atoms with Crippen molar-refractivity contribution in [3.05, 3.63) is 53.9 Å². The highest BCUT2D eigenvalue weighted by atomic mass is 16.2. The van der Waals surface area contributed by atoms with Gasteiger partial charge in [-0.3, -0.25) is 19.4 Å². The summed E-state index contributed by atoms with van der Waals surface area (Å²) in [6.45, 7) is 5.99. The van der Waals surface area contributed by atoms with Crippen LogP contribution in [0.15, 0.2) is 42.6 Å². The Balaban J connectivity index is 2.04. The van der Waals surface area contributed by atoms with Crippen molar-refractivity contribution in [1.29, 1.82) is 0 Å². The van der Waals surface area contributed by atoms with Crippen LogP contribution in [0.25, 0.3) is 0 Å². The molecule has 7 nitrogen and oxygen atoms in total. The molecule has 136 valence electrons. The van der Waals surface area contributed by atoms with Crippen molar-refractivity contribution in [2.24, 2.45) is 5.92 Å². The van der Waals surface area contributed by atoms with E-state index in [2.05, 4.69) is 20.9 Å². The topological polar surface area (TPSA) is 100 Å². The number of nitrogens with one attached hydrogen (secondary N) is 3. The summed E-state index contributed by atoms with van der Waals surface area (Å²) in [4.78, 5) is 39.5. The van der Waals surface area contributed by atoms with Crippen molar-refractivity contribution >= 4 is 29.1 Å². The van der Waals surface area contributed by atoms with Crippen molar-refractivity contribution in [3.8, 4) is 0 Å². The van der Waals surface area contributed by atoms with Gasteiger partial charge in [-0.1, -0.05) is 13.8 Å². The Morgan fingerprint density at radius 2 is 1.58 bits per heavy atom. The summed E-state index contributed by atoms with van der Waals surface area (Å²) in [5.74, 6) is -0.492. The van der Waals surface area contributed by atoms with Crippen molar-refractivity contribution in [2.75, 3.05) is 17.2 Å². The minimum atomic E-state index is -0.421. The second-order valence-corrected chi connectivity index (χ2v) is 6.25. The molecule has 0 radical (unpaired) electrons. The monoisotopic (exact) mass is 354 g/mol. The van der Waals surface area contributed by atoms with E-state index < -0.39 is 5.91 Å². The van der Waals surface area contributed by atoms with E-state index in [0.717, 1.165) is 0 Å². The fourth-order valence-electron chi connectivity index (χ4n) is 2.13. The molecule has 0 aliphatic rings. The van der Waals surface area contributed by atoms with E-state index in [0.29, 0.717) is 29.4 Å². The zero-order valence-corrected chi connectivity index (χ0v) is 15.0. The number of hydrogen-bond donors (Lipinski definition) is 3. The van der Waals surface area contributed by atoms with Crippen LogP contribution in [0.1, 0.15) is 41.6 Å². The normalized spacial score (nSPS) is 10.3. The highest BCUT2D eigenvalue weighted by Gasteiger charge is 2.12. The molecule has 0 saturated carbocycles. The number of rotatable bonds is 6. The molecule has 3 N–H and O–H groups in total. The molecule has 2 rings (SSSR count). The molecule has 3 amide bonds. The van der Waals surface area contributed by atoms with Crippen LogP contribution in [0, 0.1) is 5.92 Å². The molecule has 1 aromatic heterocycles. The van der Waals surface area contributed by atoms with Crippen LogP contribution < -0.4 is 16.0 Å². The molecule has 0 aliphatic heterocycles. The predicted octanol–water partition coefficient (Wildman–Crippen LogP) is 2.68. The lowest BCUT2D eigenvalue weighted by Gasteiger charge is -2.09. The van der Waals surface area contributed by atoms with E-state index in [1.807, 2.05) is 13.8 Å². The second-order valence-electron chi connectivity index (χ2n) is 6.25. The van der Waals surface area contributed by atoms with Gasteiger partial charge in [0.1, 0.15) is 5.69 Å². The van der Waals surface area contributed by atoms with Crippen LogP contribution in [0.2, 0.25) is 0 Å². The molecule has 0 aliphatic carbocycles. The Kier molecular flexibility index (Phi) is 6.43. The Morgan fingerprint density at radius 3 is 2.15 bits per heavy atom. The molecule has 0 fully saturated rings. The highest BCUT2D eigenvalue weighted by molar-refractivity contribution is 6.04. The standard InChI is InChI=1S/C19H22N4O3/c1-12(2)11-21-18(25)14-8-9-20-17(10-14)19(26)23-16-6-4-15(5-7-16)22-13(3)24/h4-10,12H,11H2,1-3H3,(H,21,25)(H,22,24)(H,23,26). The van der Waals surface area contributed by atoms with Gasteiger partial charge < -0.3 is 16.0 Å². The van der Waals surface area contributed by atoms with Crippen molar-refractivity contribution in [1.82, 2.24) is 10.3 Å². The molecular formula is C19H22N4O3. The van der Waals surface area contributed by atoms with Crippen molar-refractivity contribution < 1.29 is 14.4 Å². The SMILES string of the molecule is CC(=O)Nc1ccc(NC(=O)c2cc(C(=O)NCC(C)C)ccn2)cc1. The lowest BCUT2D eigenvalue weighted by Crippen LogP contribution is -2.27. The van der Waals surface area contributed by atoms with Gasteiger partial charge in [0.05, 0.1) is 0 Å². The maximum atomic E-state index is 12.3. The number of anilines is 2. The average molecular weight is 354 g/mol. The summed E-state index contributed by atoms with van der Waals surface area (Å²) >= 11 is 0. The van der Waals surface area contributed by atoms with Gasteiger partial charge in [-0.15, -0.1) is 0 Å². The molecule has 7 heteroatoms. The summed E-state index contributed by atoms with van der Waals surface area (Å²) in [5.41, 5.74) is 1.72. The number of benzene rings is 1. The van der Waals surface area contributed by atoms with Gasteiger partial charge in [0, 0.05) is 36.6 Å². The highest BCUT2D eigenvalue weighted by Crippen LogP contribution is 2.14. The van der Waals surface area contributed by atoms with E-state index in [4.69, 9.17) is 0 Å². The van der Waals surface area contributed by atoms with Gasteiger partial charge in [0.2, 0.25) is 5.91 Å². The number of nitrogens with zero attached hydrogens (tertiary/aromatic N) is 1. The molecular weight excluding hydrogens is 332 g/mol. The van der Waals surface area contributed by atoms with Crippen LogP contribution in [-0.2, 0) is 4.79 Å². The summed E-state index contributed by atoms with van der Waals surface area (Å²) < 4.78 is 0. The number of carbonyl (C=O) groups excluding carboxylic acids is 3. The molecule has 0 spiro atoms. The van der Waals surface area contributed by atoms with Crippen LogP contribution in [-0.4, -0.2) is 29.3 Å². The molecule has 0 unspecified atom stereocenters. The minimum Gasteiger partial charge on any atom is -0.352 e. The fraction of sp³-hybridized carbons (Fsp3) is 0.263. The van der Waals surface area contributed by atoms with Crippen molar-refractivity contribution in [2.45, 2.75) is 20.8 Å². The maximum Gasteiger partial charge on any atom is 0.274 e. The first kappa shape index (κ1) is 19.1. The molecule has 0 atom stereocenters. The Labute approximate surface area is 152 Å². The summed E-state index contributed by atoms with van der Waals surface area (Å²) in [6, 6.07) is 9.72. The number of carbonyl (C=O) groups is 3. The van der Waals surface area contributed by atoms with Crippen molar-refractivity contribution in [3.63, 3.8) is 0 Å². The van der Waals surface area contributed by atoms with Crippen LogP contribution in [0.3, 0.4) is 0 Å². The lowest BCUT2D eigenvalue weighted by molar-refractivity contribution is -0.114. The second kappa shape index (κ2) is 8.75. The molecule has 1 aromatic carbocycles. The van der Waals surface area contributed by atoms with Crippen LogP contribution >= 0.6 is 0 Å². The van der Waals surface area contributed by atoms with E-state index in [-0.39, 0.29) is 17.5 Å². The van der Waals surface area contributed by atoms with Gasteiger partial charge in [0.15, 0.2) is 0 Å². The van der Waals surface area contributed by atoms with Gasteiger partial charge in [-0.05, 0) is 42.3 Å². The summed E-state index contributed by atoms with van der Waals surface area (Å²) in [5, 5.41) is 8.16. The third-order valence-electron chi connectivity index (χ3n) is 3.39. The molecule has 0 saturated heterocycles. The average Bonchev–Trinajstić information content (AvgIpc) is 2.61. The number of amides is 3. The zero-order valence-electron chi connectivity index (χ0n) is 15.0. The maximum absolute atomic E-state index is 12.3. The first-order chi connectivity index (χ1) is 12.3. The van der Waals surface area contributed by atoms with Crippen LogP contribution in [0.4, 0.5) is 11.4 Å². The minimum absolute atomic E-state index is 0.146. The quantitative estimate of drug-likeness (QED) is 0.742. The molecule has 2 aromatic rings. The summed E-state index contributed by atoms with van der Waals surface area (Å²) in [6.07, 6.45) is 1.43. The van der Waals surface area contributed by atoms with E-state index >= 15 is 0 Å². The molecule has 0 bridgehead atoms. The molecule has 1 heterocycles. The first-order valence-electron chi connectivity index (χ1n) is 8.28. The zero-order chi connectivity index (χ0) is 19.1. The predicted molar refractivity (Wildman–Crippen MR) is 100 cm³/mol. The van der Waals surface area contributed by atoms with Gasteiger partial charge in [0.25, 0.3) is 11.8 Å². The summed E-state index contributed by atoms with van der Waals surface area (Å²) in [7, 11) is 0. The fourth-order valence-corrected chi connectivity index (χ4v) is 2.13. The largest absolute Gasteiger partial charge is 0.352 e. The van der Waals surface area contributed by atoms with Gasteiger partial charge in [-0.25, -0.2) is 0 Å². The molecule has 26 heavy (non-hydrogen) atoms. The number of aromatic nitrogens is 1. The van der Waals surface area contributed by atoms with Crippen LogP contribution in [0.5, 0.6) is 0 Å². The third kappa shape index (κ3) is 5.70. The lowest BCUT2D eigenvalue weighted by atomic mass is 10.2. The first-order valence-corrected chi connectivity index (χ1v) is 8.28. The van der Waals surface area contributed by atoms with E-state index in [1.165, 1.54) is 19.2 Å². The van der Waals surface area contributed by atoms with E-state index in [1.54, 1.807) is 30.3 Å². The Hall–Kier alpha value is -3.22. The number of pyridine rings is 1. The number of hydrogen-bond acceptors (Lipinski definition) is 4. The van der Waals surface area contributed by atoms with E-state index in [9.17, 15) is 14.4 Å². The Bertz CT molecular complexity index is 801. The van der Waals surface area contributed by atoms with Gasteiger partial charge in [-0.2, -0.15) is 0 Å². The van der Waals surface area contributed by atoms with Gasteiger partial charge >= 0.3 is 0 Å². The third-order valence-corrected chi connectivity index (χ3v) is 3.39. The smallest absolute Gasteiger partial charge is 0.274 e. The Morgan fingerprint density at radius 1 is 0.962 bits per heavy atom.